The number of hydrogen-bond acceptors (Lipinski definition) is 5. The molecule has 4 nitrogen and oxygen atoms in total. The summed E-state index contributed by atoms with van der Waals surface area (Å²) in [6.07, 6.45) is 1.55. The van der Waals surface area contributed by atoms with Crippen molar-refractivity contribution in [1.82, 2.24) is 4.98 Å². The van der Waals surface area contributed by atoms with Gasteiger partial charge >= 0.3 is 0 Å². The molecule has 1 aromatic carbocycles. The second-order valence-corrected chi connectivity index (χ2v) is 4.52. The number of rotatable bonds is 3. The highest BCUT2D eigenvalue weighted by Crippen LogP contribution is 2.26. The molecule has 0 saturated carbocycles. The number of aromatic hydroxyl groups is 1. The number of nitrogens with one attached hydrogen (secondary N) is 1. The van der Waals surface area contributed by atoms with Crippen molar-refractivity contribution in [3.05, 3.63) is 40.5 Å². The maximum Gasteiger partial charge on any atom is 0.226 e. The van der Waals surface area contributed by atoms with Gasteiger partial charge in [-0.15, -0.1) is 0 Å². The van der Waals surface area contributed by atoms with E-state index in [1.165, 1.54) is 23.5 Å². The van der Waals surface area contributed by atoms with E-state index in [1.807, 2.05) is 0 Å². The number of hydrazone groups is 1. The van der Waals surface area contributed by atoms with Gasteiger partial charge in [-0.2, -0.15) is 10.1 Å². The molecule has 2 N–H and O–H groups in total. The Labute approximate surface area is 101 Å². The smallest absolute Gasteiger partial charge is 0.226 e. The van der Waals surface area contributed by atoms with Crippen LogP contribution in [0.15, 0.2) is 29.4 Å². The van der Waals surface area contributed by atoms with Gasteiger partial charge in [0.05, 0.1) is 11.1 Å². The third kappa shape index (κ3) is 3.01. The molecule has 0 radical (unpaired) electrons. The third-order valence-electron chi connectivity index (χ3n) is 2.02. The molecule has 2 aromatic rings. The predicted molar refractivity (Wildman–Crippen MR) is 66.1 cm³/mol. The van der Waals surface area contributed by atoms with Crippen molar-refractivity contribution in [2.75, 3.05) is 5.43 Å². The third-order valence-corrected chi connectivity index (χ3v) is 2.88. The molecule has 2 rings (SSSR count). The topological polar surface area (TPSA) is 57.5 Å². The quantitative estimate of drug-likeness (QED) is 0.651. The minimum Gasteiger partial charge on any atom is -0.492 e. The number of nitrogens with zero attached hydrogens (tertiary/aromatic N) is 2. The molecule has 0 spiro atoms. The summed E-state index contributed by atoms with van der Waals surface area (Å²) in [5, 5.41) is 13.7. The van der Waals surface area contributed by atoms with Crippen molar-refractivity contribution in [3.8, 4) is 5.88 Å². The zero-order chi connectivity index (χ0) is 12.3. The normalized spacial score (nSPS) is 10.9. The van der Waals surface area contributed by atoms with Crippen LogP contribution in [0.4, 0.5) is 9.52 Å². The summed E-state index contributed by atoms with van der Waals surface area (Å²) in [6.45, 7) is 1.77. The lowest BCUT2D eigenvalue weighted by atomic mass is 10.2. The Balaban J connectivity index is 2.00. The first-order valence-electron chi connectivity index (χ1n) is 4.86. The SMILES string of the molecule is Cc1sc(N/N=C/c2ccc(F)cc2)nc1O. The van der Waals surface area contributed by atoms with E-state index in [0.717, 1.165) is 10.4 Å². The van der Waals surface area contributed by atoms with E-state index in [4.69, 9.17) is 0 Å². The van der Waals surface area contributed by atoms with E-state index >= 15 is 0 Å². The second-order valence-electron chi connectivity index (χ2n) is 3.32. The zero-order valence-electron chi connectivity index (χ0n) is 9.01. The van der Waals surface area contributed by atoms with E-state index in [0.29, 0.717) is 5.13 Å². The molecular weight excluding hydrogens is 241 g/mol. The lowest BCUT2D eigenvalue weighted by molar-refractivity contribution is 0.454. The number of halogens is 1. The molecule has 0 atom stereocenters. The average Bonchev–Trinajstić information content (AvgIpc) is 2.61. The Morgan fingerprint density at radius 2 is 2.12 bits per heavy atom. The summed E-state index contributed by atoms with van der Waals surface area (Å²) in [7, 11) is 0. The average molecular weight is 251 g/mol. The highest BCUT2D eigenvalue weighted by atomic mass is 32.1. The number of benzene rings is 1. The van der Waals surface area contributed by atoms with Gasteiger partial charge < -0.3 is 5.11 Å². The first kappa shape index (κ1) is 11.5. The Morgan fingerprint density at radius 3 is 2.71 bits per heavy atom. The van der Waals surface area contributed by atoms with Crippen molar-refractivity contribution < 1.29 is 9.50 Å². The van der Waals surface area contributed by atoms with Crippen LogP contribution in [0.1, 0.15) is 10.4 Å². The summed E-state index contributed by atoms with van der Waals surface area (Å²) in [4.78, 5) is 4.57. The van der Waals surface area contributed by atoms with E-state index in [1.54, 1.807) is 25.3 Å². The van der Waals surface area contributed by atoms with Crippen LogP contribution in [-0.4, -0.2) is 16.3 Å². The van der Waals surface area contributed by atoms with Gasteiger partial charge in [0.15, 0.2) is 0 Å². The summed E-state index contributed by atoms with van der Waals surface area (Å²) in [5.74, 6) is -0.273. The second kappa shape index (κ2) is 4.92. The van der Waals surface area contributed by atoms with Gasteiger partial charge in [0.2, 0.25) is 11.0 Å². The van der Waals surface area contributed by atoms with Gasteiger partial charge in [-0.25, -0.2) is 4.39 Å². The van der Waals surface area contributed by atoms with Crippen LogP contribution in [0.25, 0.3) is 0 Å². The molecule has 17 heavy (non-hydrogen) atoms. The molecule has 0 unspecified atom stereocenters. The fourth-order valence-corrected chi connectivity index (χ4v) is 1.80. The van der Waals surface area contributed by atoms with Gasteiger partial charge in [-0.1, -0.05) is 23.5 Å². The highest BCUT2D eigenvalue weighted by molar-refractivity contribution is 7.15. The summed E-state index contributed by atoms with van der Waals surface area (Å²) in [6, 6.07) is 5.96. The lowest BCUT2D eigenvalue weighted by Crippen LogP contribution is -1.89. The standard InChI is InChI=1S/C11H10FN3OS/c1-7-10(16)14-11(17-7)15-13-6-8-2-4-9(12)5-3-8/h2-6,16H,1H3,(H,14,15)/b13-6+. The van der Waals surface area contributed by atoms with Gasteiger partial charge in [0, 0.05) is 0 Å². The van der Waals surface area contributed by atoms with Crippen LogP contribution in [0.5, 0.6) is 5.88 Å². The van der Waals surface area contributed by atoms with Crippen LogP contribution in [0.2, 0.25) is 0 Å². The molecule has 88 valence electrons. The maximum atomic E-state index is 12.6. The Bertz CT molecular complexity index is 517. The van der Waals surface area contributed by atoms with Gasteiger partial charge in [-0.3, -0.25) is 5.43 Å². The number of hydrogen-bond donors (Lipinski definition) is 2. The predicted octanol–water partition coefficient (Wildman–Crippen LogP) is 2.74. The van der Waals surface area contributed by atoms with Gasteiger partial charge in [-0.05, 0) is 24.6 Å². The summed E-state index contributed by atoms with van der Waals surface area (Å²) >= 11 is 1.31. The van der Waals surface area contributed by atoms with E-state index in [9.17, 15) is 9.50 Å². The fourth-order valence-electron chi connectivity index (χ4n) is 1.15. The highest BCUT2D eigenvalue weighted by Gasteiger charge is 2.03. The molecule has 0 amide bonds. The maximum absolute atomic E-state index is 12.6. The van der Waals surface area contributed by atoms with E-state index in [-0.39, 0.29) is 11.7 Å². The molecule has 0 saturated heterocycles. The largest absolute Gasteiger partial charge is 0.492 e. The van der Waals surface area contributed by atoms with Crippen molar-refractivity contribution >= 4 is 22.7 Å². The summed E-state index contributed by atoms with van der Waals surface area (Å²) in [5.41, 5.74) is 3.47. The van der Waals surface area contributed by atoms with Gasteiger partial charge in [0.1, 0.15) is 5.82 Å². The van der Waals surface area contributed by atoms with Crippen molar-refractivity contribution in [2.45, 2.75) is 6.92 Å². The molecule has 1 heterocycles. The first-order valence-corrected chi connectivity index (χ1v) is 5.68. The number of anilines is 1. The van der Waals surface area contributed by atoms with Crippen LogP contribution >= 0.6 is 11.3 Å². The molecule has 0 fully saturated rings. The molecular formula is C11H10FN3OS. The molecule has 0 aliphatic heterocycles. The lowest BCUT2D eigenvalue weighted by Gasteiger charge is -1.93. The number of aromatic nitrogens is 1. The number of thiazole rings is 1. The minimum absolute atomic E-state index is 0.00878. The molecule has 6 heteroatoms. The minimum atomic E-state index is -0.282. The first-order chi connectivity index (χ1) is 8.15. The molecule has 0 bridgehead atoms. The Hall–Kier alpha value is -1.95. The molecule has 1 aromatic heterocycles. The number of aryl methyl sites for hydroxylation is 1. The van der Waals surface area contributed by atoms with E-state index in [2.05, 4.69) is 15.5 Å². The molecule has 0 aliphatic rings. The van der Waals surface area contributed by atoms with Crippen molar-refractivity contribution in [1.29, 1.82) is 0 Å². The van der Waals surface area contributed by atoms with Crippen LogP contribution in [-0.2, 0) is 0 Å². The summed E-state index contributed by atoms with van der Waals surface area (Å²) < 4.78 is 12.6. The Morgan fingerprint density at radius 1 is 1.41 bits per heavy atom. The van der Waals surface area contributed by atoms with E-state index < -0.39 is 0 Å². The fraction of sp³-hybridized carbons (Fsp3) is 0.0909. The van der Waals surface area contributed by atoms with Crippen molar-refractivity contribution in [3.63, 3.8) is 0 Å². The van der Waals surface area contributed by atoms with Gasteiger partial charge in [0.25, 0.3) is 0 Å². The monoisotopic (exact) mass is 251 g/mol. The van der Waals surface area contributed by atoms with Crippen LogP contribution < -0.4 is 5.43 Å². The van der Waals surface area contributed by atoms with Crippen molar-refractivity contribution in [2.24, 2.45) is 5.10 Å². The Kier molecular flexibility index (Phi) is 3.34. The molecule has 0 aliphatic carbocycles. The van der Waals surface area contributed by atoms with Crippen LogP contribution in [0, 0.1) is 12.7 Å². The zero-order valence-corrected chi connectivity index (χ0v) is 9.83. The van der Waals surface area contributed by atoms with Crippen LogP contribution in [0.3, 0.4) is 0 Å².